The summed E-state index contributed by atoms with van der Waals surface area (Å²) in [7, 11) is 1.51. The van der Waals surface area contributed by atoms with E-state index in [1.807, 2.05) is 24.3 Å². The van der Waals surface area contributed by atoms with Crippen LogP contribution in [-0.4, -0.2) is 25.5 Å². The number of carbonyl (C=O) groups excluding carboxylic acids is 2. The maximum absolute atomic E-state index is 12.2. The average molecular weight is 272 g/mol. The number of methoxy groups -OCH3 is 1. The topological polar surface area (TPSA) is 52.6 Å². The Bertz CT molecular complexity index is 646. The molecule has 0 N–H and O–H groups in total. The molecule has 0 aliphatic carbocycles. The van der Waals surface area contributed by atoms with E-state index in [0.717, 1.165) is 10.8 Å². The van der Waals surface area contributed by atoms with Crippen LogP contribution in [0.4, 0.5) is 0 Å². The number of rotatable bonds is 5. The van der Waals surface area contributed by atoms with Crippen molar-refractivity contribution in [2.45, 2.75) is 13.3 Å². The van der Waals surface area contributed by atoms with Gasteiger partial charge >= 0.3 is 5.97 Å². The van der Waals surface area contributed by atoms with Crippen molar-refractivity contribution in [1.29, 1.82) is 0 Å². The highest BCUT2D eigenvalue weighted by Crippen LogP contribution is 2.27. The predicted octanol–water partition coefficient (Wildman–Crippen LogP) is 2.98. The molecule has 4 nitrogen and oxygen atoms in total. The third kappa shape index (κ3) is 2.96. The average Bonchev–Trinajstić information content (AvgIpc) is 2.45. The molecule has 0 saturated carbocycles. The third-order valence-corrected chi connectivity index (χ3v) is 2.98. The summed E-state index contributed by atoms with van der Waals surface area (Å²) in [4.78, 5) is 23.6. The van der Waals surface area contributed by atoms with Gasteiger partial charge in [0.2, 0.25) is 0 Å². The molecule has 0 heterocycles. The summed E-state index contributed by atoms with van der Waals surface area (Å²) in [5.74, 6) is -0.350. The van der Waals surface area contributed by atoms with Gasteiger partial charge in [-0.2, -0.15) is 0 Å². The molecule has 0 aliphatic heterocycles. The summed E-state index contributed by atoms with van der Waals surface area (Å²) in [6.45, 7) is 1.97. The molecular formula is C16H16O4. The van der Waals surface area contributed by atoms with Gasteiger partial charge in [0.05, 0.1) is 19.3 Å². The molecule has 104 valence electrons. The van der Waals surface area contributed by atoms with Crippen LogP contribution >= 0.6 is 0 Å². The van der Waals surface area contributed by atoms with Gasteiger partial charge in [0.15, 0.2) is 5.78 Å². The van der Waals surface area contributed by atoms with Crippen molar-refractivity contribution in [3.8, 4) is 5.75 Å². The zero-order valence-electron chi connectivity index (χ0n) is 11.5. The van der Waals surface area contributed by atoms with Crippen molar-refractivity contribution in [3.05, 3.63) is 42.0 Å². The smallest absolute Gasteiger partial charge is 0.313 e. The number of ether oxygens (including phenoxy) is 2. The summed E-state index contributed by atoms with van der Waals surface area (Å²) in [5.41, 5.74) is 0.402. The number of ketones is 1. The highest BCUT2D eigenvalue weighted by molar-refractivity contribution is 6.09. The van der Waals surface area contributed by atoms with Crippen LogP contribution in [0.3, 0.4) is 0 Å². The van der Waals surface area contributed by atoms with Crippen molar-refractivity contribution in [3.63, 3.8) is 0 Å². The SMILES string of the molecule is CCOC(=O)CC(=O)c1cc2ccccc2cc1OC. The molecule has 2 rings (SSSR count). The van der Waals surface area contributed by atoms with Crippen LogP contribution in [-0.2, 0) is 9.53 Å². The molecule has 0 spiro atoms. The van der Waals surface area contributed by atoms with Crippen LogP contribution in [0, 0.1) is 0 Å². The molecule has 20 heavy (non-hydrogen) atoms. The molecule has 0 bridgehead atoms. The molecule has 0 atom stereocenters. The van der Waals surface area contributed by atoms with Gasteiger partial charge in [-0.1, -0.05) is 24.3 Å². The van der Waals surface area contributed by atoms with Crippen LogP contribution in [0.1, 0.15) is 23.7 Å². The summed E-state index contributed by atoms with van der Waals surface area (Å²) in [5, 5.41) is 1.91. The first kappa shape index (κ1) is 14.1. The van der Waals surface area contributed by atoms with E-state index in [4.69, 9.17) is 9.47 Å². The van der Waals surface area contributed by atoms with Crippen molar-refractivity contribution in [1.82, 2.24) is 0 Å². The van der Waals surface area contributed by atoms with E-state index in [0.29, 0.717) is 11.3 Å². The van der Waals surface area contributed by atoms with Gasteiger partial charge < -0.3 is 9.47 Å². The second-order valence-electron chi connectivity index (χ2n) is 4.30. The Morgan fingerprint density at radius 3 is 2.35 bits per heavy atom. The molecule has 2 aromatic rings. The van der Waals surface area contributed by atoms with Crippen LogP contribution in [0.15, 0.2) is 36.4 Å². The Labute approximate surface area is 117 Å². The van der Waals surface area contributed by atoms with Crippen molar-refractivity contribution in [2.24, 2.45) is 0 Å². The monoisotopic (exact) mass is 272 g/mol. The van der Waals surface area contributed by atoms with Gasteiger partial charge in [-0.15, -0.1) is 0 Å². The quantitative estimate of drug-likeness (QED) is 0.477. The molecule has 0 aliphatic rings. The first-order valence-corrected chi connectivity index (χ1v) is 6.41. The lowest BCUT2D eigenvalue weighted by Gasteiger charge is -2.09. The first-order valence-electron chi connectivity index (χ1n) is 6.41. The Morgan fingerprint density at radius 2 is 1.75 bits per heavy atom. The van der Waals surface area contributed by atoms with E-state index >= 15 is 0 Å². The lowest BCUT2D eigenvalue weighted by molar-refractivity contribution is -0.141. The minimum absolute atomic E-state index is 0.265. The number of carbonyl (C=O) groups is 2. The third-order valence-electron chi connectivity index (χ3n) is 2.98. The number of hydrogen-bond acceptors (Lipinski definition) is 4. The molecular weight excluding hydrogens is 256 g/mol. The minimum Gasteiger partial charge on any atom is -0.496 e. The fourth-order valence-electron chi connectivity index (χ4n) is 2.04. The lowest BCUT2D eigenvalue weighted by Crippen LogP contribution is -2.12. The zero-order valence-corrected chi connectivity index (χ0v) is 11.5. The molecule has 0 unspecified atom stereocenters. The van der Waals surface area contributed by atoms with Gasteiger partial charge in [0.25, 0.3) is 0 Å². The molecule has 0 amide bonds. The molecule has 0 radical (unpaired) electrons. The number of benzene rings is 2. The van der Waals surface area contributed by atoms with Gasteiger partial charge in [-0.3, -0.25) is 9.59 Å². The van der Waals surface area contributed by atoms with E-state index in [1.165, 1.54) is 7.11 Å². The summed E-state index contributed by atoms with van der Waals surface area (Å²) >= 11 is 0. The fraction of sp³-hybridized carbons (Fsp3) is 0.250. The largest absolute Gasteiger partial charge is 0.496 e. The maximum Gasteiger partial charge on any atom is 0.313 e. The fourth-order valence-corrected chi connectivity index (χ4v) is 2.04. The first-order chi connectivity index (χ1) is 9.65. The number of esters is 1. The number of hydrogen-bond donors (Lipinski definition) is 0. The Hall–Kier alpha value is -2.36. The predicted molar refractivity (Wildman–Crippen MR) is 76.1 cm³/mol. The van der Waals surface area contributed by atoms with Crippen LogP contribution < -0.4 is 4.74 Å². The molecule has 0 saturated heterocycles. The van der Waals surface area contributed by atoms with Gasteiger partial charge in [-0.25, -0.2) is 0 Å². The second-order valence-corrected chi connectivity index (χ2v) is 4.30. The Morgan fingerprint density at radius 1 is 1.10 bits per heavy atom. The van der Waals surface area contributed by atoms with Gasteiger partial charge in [0, 0.05) is 0 Å². The molecule has 4 heteroatoms. The minimum atomic E-state index is -0.521. The second kappa shape index (κ2) is 6.19. The van der Waals surface area contributed by atoms with Crippen molar-refractivity contribution < 1.29 is 19.1 Å². The maximum atomic E-state index is 12.2. The van der Waals surface area contributed by atoms with Crippen molar-refractivity contribution in [2.75, 3.05) is 13.7 Å². The van der Waals surface area contributed by atoms with Crippen LogP contribution in [0.5, 0.6) is 5.75 Å². The Balaban J connectivity index is 2.36. The van der Waals surface area contributed by atoms with Gasteiger partial charge in [-0.05, 0) is 29.8 Å². The lowest BCUT2D eigenvalue weighted by atomic mass is 10.0. The molecule has 0 aromatic heterocycles. The summed E-state index contributed by atoms with van der Waals surface area (Å²) < 4.78 is 10.0. The molecule has 2 aromatic carbocycles. The van der Waals surface area contributed by atoms with Gasteiger partial charge in [0.1, 0.15) is 12.2 Å². The standard InChI is InChI=1S/C16H16O4/c1-3-20-16(18)10-14(17)13-8-11-6-4-5-7-12(11)9-15(13)19-2/h4-9H,3,10H2,1-2H3. The molecule has 0 fully saturated rings. The van der Waals surface area contributed by atoms with E-state index in [2.05, 4.69) is 0 Å². The Kier molecular flexibility index (Phi) is 4.35. The number of Topliss-reactive ketones (excluding diaryl/α,β-unsaturated/α-hetero) is 1. The van der Waals surface area contributed by atoms with E-state index in [9.17, 15) is 9.59 Å². The van der Waals surface area contributed by atoms with E-state index < -0.39 is 5.97 Å². The zero-order chi connectivity index (χ0) is 14.5. The van der Waals surface area contributed by atoms with E-state index in [-0.39, 0.29) is 18.8 Å². The normalized spacial score (nSPS) is 10.3. The van der Waals surface area contributed by atoms with Crippen LogP contribution in [0.25, 0.3) is 10.8 Å². The highest BCUT2D eigenvalue weighted by atomic mass is 16.5. The number of fused-ring (bicyclic) bond motifs is 1. The van der Waals surface area contributed by atoms with Crippen molar-refractivity contribution >= 4 is 22.5 Å². The summed E-state index contributed by atoms with van der Waals surface area (Å²) in [6, 6.07) is 11.2. The summed E-state index contributed by atoms with van der Waals surface area (Å²) in [6.07, 6.45) is -0.275. The van der Waals surface area contributed by atoms with E-state index in [1.54, 1.807) is 19.1 Å². The van der Waals surface area contributed by atoms with Crippen LogP contribution in [0.2, 0.25) is 0 Å². The highest BCUT2D eigenvalue weighted by Gasteiger charge is 2.17.